The molecule has 0 aliphatic rings. The molecule has 1 aromatic rings. The number of nitrogens with zero attached hydrogens (tertiary/aromatic N) is 1. The average Bonchev–Trinajstić information content (AvgIpc) is 2.35. The first kappa shape index (κ1) is 14.9. The summed E-state index contributed by atoms with van der Waals surface area (Å²) in [5.41, 5.74) is 5.88. The quantitative estimate of drug-likeness (QED) is 0.474. The molecule has 0 unspecified atom stereocenters. The van der Waals surface area contributed by atoms with Crippen molar-refractivity contribution < 1.29 is 19.2 Å². The van der Waals surface area contributed by atoms with Crippen molar-refractivity contribution >= 4 is 11.7 Å². The minimum absolute atomic E-state index is 0.0717. The number of benzene rings is 1. The van der Waals surface area contributed by atoms with E-state index in [1.165, 1.54) is 18.2 Å². The third-order valence-electron chi connectivity index (χ3n) is 2.19. The van der Waals surface area contributed by atoms with Gasteiger partial charge in [0.1, 0.15) is 5.75 Å². The van der Waals surface area contributed by atoms with E-state index in [-0.39, 0.29) is 24.9 Å². The molecule has 0 heterocycles. The molecule has 19 heavy (non-hydrogen) atoms. The summed E-state index contributed by atoms with van der Waals surface area (Å²) < 4.78 is 10.2. The summed E-state index contributed by atoms with van der Waals surface area (Å²) in [6.45, 7) is 3.28. The van der Waals surface area contributed by atoms with Crippen LogP contribution < -0.4 is 10.5 Å². The number of rotatable bonds is 6. The van der Waals surface area contributed by atoms with Gasteiger partial charge < -0.3 is 15.2 Å². The summed E-state index contributed by atoms with van der Waals surface area (Å²) in [7, 11) is 0. The molecule has 1 aromatic carbocycles. The zero-order chi connectivity index (χ0) is 14.4. The molecule has 0 saturated heterocycles. The van der Waals surface area contributed by atoms with Gasteiger partial charge in [-0.2, -0.15) is 0 Å². The second kappa shape index (κ2) is 6.69. The van der Waals surface area contributed by atoms with Crippen LogP contribution in [-0.4, -0.2) is 23.6 Å². The smallest absolute Gasteiger partial charge is 0.344 e. The SMILES string of the molecule is CC(C)OC(=O)COc1ccc([N+](=O)[O-])cc1CN. The molecule has 1 rings (SSSR count). The molecule has 0 amide bonds. The first-order valence-corrected chi connectivity index (χ1v) is 5.73. The molecule has 0 aromatic heterocycles. The molecule has 0 atom stereocenters. The van der Waals surface area contributed by atoms with Crippen molar-refractivity contribution in [2.24, 2.45) is 5.73 Å². The number of nitro benzene ring substituents is 1. The van der Waals surface area contributed by atoms with Crippen LogP contribution in [0, 0.1) is 10.1 Å². The molecule has 0 bridgehead atoms. The molecular weight excluding hydrogens is 252 g/mol. The van der Waals surface area contributed by atoms with Crippen LogP contribution in [0.1, 0.15) is 19.4 Å². The molecule has 104 valence electrons. The van der Waals surface area contributed by atoms with Crippen LogP contribution in [0.15, 0.2) is 18.2 Å². The maximum atomic E-state index is 11.3. The van der Waals surface area contributed by atoms with Gasteiger partial charge in [0, 0.05) is 24.2 Å². The molecular formula is C12H16N2O5. The lowest BCUT2D eigenvalue weighted by molar-refractivity contribution is -0.384. The summed E-state index contributed by atoms with van der Waals surface area (Å²) in [4.78, 5) is 21.4. The van der Waals surface area contributed by atoms with E-state index in [0.29, 0.717) is 11.3 Å². The van der Waals surface area contributed by atoms with Crippen LogP contribution in [0.3, 0.4) is 0 Å². The van der Waals surface area contributed by atoms with Gasteiger partial charge >= 0.3 is 5.97 Å². The highest BCUT2D eigenvalue weighted by atomic mass is 16.6. The lowest BCUT2D eigenvalue weighted by Gasteiger charge is -2.11. The van der Waals surface area contributed by atoms with Gasteiger partial charge in [0.25, 0.3) is 5.69 Å². The Labute approximate surface area is 110 Å². The highest BCUT2D eigenvalue weighted by Gasteiger charge is 2.13. The molecule has 0 radical (unpaired) electrons. The average molecular weight is 268 g/mol. The number of ether oxygens (including phenoxy) is 2. The van der Waals surface area contributed by atoms with E-state index < -0.39 is 10.9 Å². The number of hydrogen-bond acceptors (Lipinski definition) is 6. The van der Waals surface area contributed by atoms with Crippen LogP contribution >= 0.6 is 0 Å². The van der Waals surface area contributed by atoms with Crippen molar-refractivity contribution in [3.05, 3.63) is 33.9 Å². The zero-order valence-electron chi connectivity index (χ0n) is 10.8. The normalized spacial score (nSPS) is 10.3. The van der Waals surface area contributed by atoms with Crippen LogP contribution in [0.5, 0.6) is 5.75 Å². The van der Waals surface area contributed by atoms with Crippen molar-refractivity contribution in [1.29, 1.82) is 0 Å². The number of carbonyl (C=O) groups excluding carboxylic acids is 1. The second-order valence-electron chi connectivity index (χ2n) is 4.08. The van der Waals surface area contributed by atoms with Crippen molar-refractivity contribution in [3.63, 3.8) is 0 Å². The number of hydrogen-bond donors (Lipinski definition) is 1. The number of esters is 1. The Hall–Kier alpha value is -2.15. The topological polar surface area (TPSA) is 105 Å². The second-order valence-corrected chi connectivity index (χ2v) is 4.08. The Bertz CT molecular complexity index is 473. The first-order valence-electron chi connectivity index (χ1n) is 5.73. The van der Waals surface area contributed by atoms with Gasteiger partial charge in [0.05, 0.1) is 11.0 Å². The van der Waals surface area contributed by atoms with E-state index in [1.807, 2.05) is 0 Å². The Balaban J connectivity index is 2.73. The molecule has 0 aliphatic carbocycles. The molecule has 0 saturated carbocycles. The van der Waals surface area contributed by atoms with E-state index in [1.54, 1.807) is 13.8 Å². The third kappa shape index (κ3) is 4.55. The summed E-state index contributed by atoms with van der Waals surface area (Å²) in [5.74, 6) is -0.162. The lowest BCUT2D eigenvalue weighted by Crippen LogP contribution is -2.19. The van der Waals surface area contributed by atoms with Gasteiger partial charge in [-0.1, -0.05) is 0 Å². The number of nitro groups is 1. The molecule has 0 aliphatic heterocycles. The lowest BCUT2D eigenvalue weighted by atomic mass is 10.2. The predicted molar refractivity (Wildman–Crippen MR) is 67.7 cm³/mol. The van der Waals surface area contributed by atoms with Gasteiger partial charge in [0.15, 0.2) is 6.61 Å². The predicted octanol–water partition coefficient (Wildman–Crippen LogP) is 1.38. The van der Waals surface area contributed by atoms with Gasteiger partial charge in [-0.05, 0) is 19.9 Å². The van der Waals surface area contributed by atoms with Crippen LogP contribution in [0.25, 0.3) is 0 Å². The highest BCUT2D eigenvalue weighted by Crippen LogP contribution is 2.23. The van der Waals surface area contributed by atoms with Crippen molar-refractivity contribution in [2.45, 2.75) is 26.5 Å². The largest absolute Gasteiger partial charge is 0.482 e. The first-order chi connectivity index (χ1) is 8.93. The number of nitrogens with two attached hydrogens (primary N) is 1. The highest BCUT2D eigenvalue weighted by molar-refractivity contribution is 5.71. The van der Waals surface area contributed by atoms with Crippen LogP contribution in [0.4, 0.5) is 5.69 Å². The fourth-order valence-electron chi connectivity index (χ4n) is 1.41. The standard InChI is InChI=1S/C12H16N2O5/c1-8(2)19-12(15)7-18-11-4-3-10(14(16)17)5-9(11)6-13/h3-5,8H,6-7,13H2,1-2H3. The molecule has 0 fully saturated rings. The summed E-state index contributed by atoms with van der Waals surface area (Å²) in [6, 6.07) is 4.04. The van der Waals surface area contributed by atoms with E-state index in [9.17, 15) is 14.9 Å². The number of carbonyl (C=O) groups is 1. The summed E-state index contributed by atoms with van der Waals surface area (Å²) >= 11 is 0. The molecule has 0 spiro atoms. The minimum Gasteiger partial charge on any atom is -0.482 e. The maximum Gasteiger partial charge on any atom is 0.344 e. The van der Waals surface area contributed by atoms with Gasteiger partial charge in [-0.15, -0.1) is 0 Å². The van der Waals surface area contributed by atoms with Gasteiger partial charge in [0.2, 0.25) is 0 Å². The van der Waals surface area contributed by atoms with E-state index >= 15 is 0 Å². The van der Waals surface area contributed by atoms with Crippen LogP contribution in [-0.2, 0) is 16.1 Å². The fourth-order valence-corrected chi connectivity index (χ4v) is 1.41. The maximum absolute atomic E-state index is 11.3. The summed E-state index contributed by atoms with van der Waals surface area (Å²) in [5, 5.41) is 10.6. The Morgan fingerprint density at radius 3 is 2.68 bits per heavy atom. The molecule has 7 nitrogen and oxygen atoms in total. The fraction of sp³-hybridized carbons (Fsp3) is 0.417. The Morgan fingerprint density at radius 2 is 2.16 bits per heavy atom. The van der Waals surface area contributed by atoms with E-state index in [2.05, 4.69) is 0 Å². The van der Waals surface area contributed by atoms with Crippen molar-refractivity contribution in [3.8, 4) is 5.75 Å². The third-order valence-corrected chi connectivity index (χ3v) is 2.19. The Kier molecular flexibility index (Phi) is 5.25. The molecule has 7 heteroatoms. The van der Waals surface area contributed by atoms with E-state index in [4.69, 9.17) is 15.2 Å². The van der Waals surface area contributed by atoms with E-state index in [0.717, 1.165) is 0 Å². The Morgan fingerprint density at radius 1 is 1.47 bits per heavy atom. The minimum atomic E-state index is -0.518. The molecule has 2 N–H and O–H groups in total. The zero-order valence-corrected chi connectivity index (χ0v) is 10.8. The van der Waals surface area contributed by atoms with Crippen LogP contribution in [0.2, 0.25) is 0 Å². The number of non-ortho nitro benzene ring substituents is 1. The van der Waals surface area contributed by atoms with Gasteiger partial charge in [-0.25, -0.2) is 4.79 Å². The van der Waals surface area contributed by atoms with Crippen molar-refractivity contribution in [1.82, 2.24) is 0 Å². The monoisotopic (exact) mass is 268 g/mol. The van der Waals surface area contributed by atoms with Gasteiger partial charge in [-0.3, -0.25) is 10.1 Å². The summed E-state index contributed by atoms with van der Waals surface area (Å²) in [6.07, 6.45) is -0.220. The van der Waals surface area contributed by atoms with Crippen molar-refractivity contribution in [2.75, 3.05) is 6.61 Å².